The van der Waals surface area contributed by atoms with Crippen LogP contribution in [0.5, 0.6) is 0 Å². The summed E-state index contributed by atoms with van der Waals surface area (Å²) >= 11 is 1.06. The van der Waals surface area contributed by atoms with Crippen molar-refractivity contribution < 1.29 is 19.4 Å². The second-order valence-corrected chi connectivity index (χ2v) is 8.55. The fourth-order valence-corrected chi connectivity index (χ4v) is 4.69. The zero-order chi connectivity index (χ0) is 24.2. The van der Waals surface area contributed by atoms with Gasteiger partial charge in [0, 0.05) is 23.1 Å². The third kappa shape index (κ3) is 4.58. The van der Waals surface area contributed by atoms with Gasteiger partial charge in [-0.05, 0) is 62.7 Å². The number of aliphatic imine (C=N–C) groups is 1. The number of thioether (sulfide) groups is 1. The fraction of sp³-hybridized carbons (Fsp3) is 0.154. The molecule has 0 saturated carbocycles. The van der Waals surface area contributed by atoms with Crippen LogP contribution in [0.3, 0.4) is 0 Å². The van der Waals surface area contributed by atoms with E-state index in [1.807, 2.05) is 32.0 Å². The van der Waals surface area contributed by atoms with E-state index in [2.05, 4.69) is 14.5 Å². The molecule has 3 aromatic rings. The van der Waals surface area contributed by atoms with Crippen LogP contribution in [0.2, 0.25) is 0 Å². The molecule has 7 nitrogen and oxygen atoms in total. The first-order valence-electron chi connectivity index (χ1n) is 10.7. The number of hydrogen-bond donors (Lipinski definition) is 1. The van der Waals surface area contributed by atoms with E-state index in [0.717, 1.165) is 34.4 Å². The zero-order valence-electron chi connectivity index (χ0n) is 19.0. The summed E-state index contributed by atoms with van der Waals surface area (Å²) in [5, 5.41) is 11.0. The van der Waals surface area contributed by atoms with Crippen molar-refractivity contribution in [2.24, 2.45) is 4.99 Å². The molecule has 0 saturated heterocycles. The molecule has 0 radical (unpaired) electrons. The van der Waals surface area contributed by atoms with E-state index in [1.165, 1.54) is 0 Å². The quantitative estimate of drug-likeness (QED) is 0.513. The summed E-state index contributed by atoms with van der Waals surface area (Å²) in [5.41, 5.74) is 3.98. The van der Waals surface area contributed by atoms with Crippen molar-refractivity contribution in [2.45, 2.75) is 20.8 Å². The molecule has 1 aliphatic heterocycles. The minimum atomic E-state index is -0.726. The highest BCUT2D eigenvalue weighted by molar-refractivity contribution is 8.18. The van der Waals surface area contributed by atoms with E-state index >= 15 is 0 Å². The number of hydrogen-bond acceptors (Lipinski definition) is 6. The average molecular weight is 474 g/mol. The molecular weight excluding hydrogens is 450 g/mol. The van der Waals surface area contributed by atoms with Gasteiger partial charge in [-0.2, -0.15) is 0 Å². The third-order valence-electron chi connectivity index (χ3n) is 5.26. The van der Waals surface area contributed by atoms with Gasteiger partial charge in [-0.3, -0.25) is 9.78 Å². The number of aliphatic hydroxyl groups is 1. The van der Waals surface area contributed by atoms with Crippen molar-refractivity contribution in [1.82, 2.24) is 9.55 Å². The van der Waals surface area contributed by atoms with Gasteiger partial charge in [0.25, 0.3) is 5.91 Å². The molecule has 0 spiro atoms. The number of aromatic nitrogens is 2. The molecule has 0 fully saturated rings. The van der Waals surface area contributed by atoms with Crippen LogP contribution < -0.4 is 0 Å². The maximum absolute atomic E-state index is 12.7. The lowest BCUT2D eigenvalue weighted by Gasteiger charge is -2.08. The topological polar surface area (TPSA) is 93.8 Å². The number of amides is 1. The minimum absolute atomic E-state index is 0.108. The summed E-state index contributed by atoms with van der Waals surface area (Å²) in [6, 6.07) is 14.4. The Morgan fingerprint density at radius 1 is 1.18 bits per heavy atom. The Balaban J connectivity index is 1.75. The number of aliphatic hydroxyl groups excluding tert-OH is 1. The van der Waals surface area contributed by atoms with Crippen molar-refractivity contribution in [3.05, 3.63) is 99.7 Å². The van der Waals surface area contributed by atoms with E-state index in [1.54, 1.807) is 55.7 Å². The van der Waals surface area contributed by atoms with Gasteiger partial charge in [0.15, 0.2) is 0 Å². The summed E-state index contributed by atoms with van der Waals surface area (Å²) in [5.74, 6) is -1.49. The molecule has 0 aliphatic carbocycles. The number of nitrogens with zero attached hydrogens (tertiary/aromatic N) is 3. The number of ether oxygens (including phenoxy) is 1. The first kappa shape index (κ1) is 23.3. The van der Waals surface area contributed by atoms with Crippen LogP contribution in [0.25, 0.3) is 11.8 Å². The van der Waals surface area contributed by atoms with E-state index in [0.29, 0.717) is 10.5 Å². The molecule has 2 aromatic heterocycles. The van der Waals surface area contributed by atoms with E-state index in [-0.39, 0.29) is 23.0 Å². The summed E-state index contributed by atoms with van der Waals surface area (Å²) in [6.07, 6.45) is 5.27. The van der Waals surface area contributed by atoms with Crippen molar-refractivity contribution >= 4 is 34.8 Å². The molecule has 1 amide bonds. The second kappa shape index (κ2) is 9.93. The van der Waals surface area contributed by atoms with Crippen LogP contribution >= 0.6 is 11.8 Å². The Morgan fingerprint density at radius 3 is 2.62 bits per heavy atom. The first-order chi connectivity index (χ1) is 16.4. The highest BCUT2D eigenvalue weighted by Gasteiger charge is 2.34. The minimum Gasteiger partial charge on any atom is -0.506 e. The van der Waals surface area contributed by atoms with Crippen molar-refractivity contribution in [3.8, 4) is 5.69 Å². The maximum Gasteiger partial charge on any atom is 0.344 e. The lowest BCUT2D eigenvalue weighted by atomic mass is 10.1. The van der Waals surface area contributed by atoms with Gasteiger partial charge >= 0.3 is 5.97 Å². The summed E-state index contributed by atoms with van der Waals surface area (Å²) < 4.78 is 7.17. The Hall–Kier alpha value is -3.91. The molecule has 0 atom stereocenters. The Kier molecular flexibility index (Phi) is 6.79. The predicted molar refractivity (Wildman–Crippen MR) is 133 cm³/mol. The fourth-order valence-electron chi connectivity index (χ4n) is 3.69. The standard InChI is InChI=1S/C26H23N3O4S/c1-4-33-26(32)22-23(30)21(34-25(22)28-24(31)18-9-6-5-7-10-18)14-19-13-16(2)29(17(19)3)20-11-8-12-27-15-20/h5-15,30H,4H2,1-3H3/b21-14-,28-25?. The van der Waals surface area contributed by atoms with E-state index in [4.69, 9.17) is 4.74 Å². The molecule has 0 bridgehead atoms. The number of pyridine rings is 1. The molecule has 172 valence electrons. The monoisotopic (exact) mass is 473 g/mol. The van der Waals surface area contributed by atoms with E-state index in [9.17, 15) is 14.7 Å². The molecule has 1 N–H and O–H groups in total. The van der Waals surface area contributed by atoms with Crippen LogP contribution in [0.1, 0.15) is 34.2 Å². The Labute approximate surface area is 201 Å². The first-order valence-corrected chi connectivity index (χ1v) is 11.5. The average Bonchev–Trinajstić information content (AvgIpc) is 3.29. The number of esters is 1. The van der Waals surface area contributed by atoms with Gasteiger partial charge in [-0.1, -0.05) is 30.0 Å². The van der Waals surface area contributed by atoms with Crippen LogP contribution in [-0.4, -0.2) is 38.2 Å². The van der Waals surface area contributed by atoms with Crippen molar-refractivity contribution in [1.29, 1.82) is 0 Å². The second-order valence-electron chi connectivity index (χ2n) is 7.52. The molecule has 0 unspecified atom stereocenters. The predicted octanol–water partition coefficient (Wildman–Crippen LogP) is 5.19. The van der Waals surface area contributed by atoms with Crippen LogP contribution in [-0.2, 0) is 9.53 Å². The van der Waals surface area contributed by atoms with Crippen molar-refractivity contribution in [2.75, 3.05) is 6.61 Å². The SMILES string of the molecule is CCOC(=O)C1=C(O)/C(=C/c2cc(C)n(-c3cccnc3)c2C)SC1=NC(=O)c1ccccc1. The number of rotatable bonds is 5. The normalized spacial score (nSPS) is 15.9. The smallest absolute Gasteiger partial charge is 0.344 e. The van der Waals surface area contributed by atoms with Crippen LogP contribution in [0.4, 0.5) is 0 Å². The van der Waals surface area contributed by atoms with Gasteiger partial charge in [0.05, 0.1) is 23.4 Å². The summed E-state index contributed by atoms with van der Waals surface area (Å²) in [6.45, 7) is 5.75. The van der Waals surface area contributed by atoms with Gasteiger partial charge in [0.1, 0.15) is 16.4 Å². The van der Waals surface area contributed by atoms with Gasteiger partial charge < -0.3 is 14.4 Å². The lowest BCUT2D eigenvalue weighted by molar-refractivity contribution is -0.138. The number of carbonyl (C=O) groups excluding carboxylic acids is 2. The van der Waals surface area contributed by atoms with Gasteiger partial charge in [0.2, 0.25) is 0 Å². The number of carbonyl (C=O) groups is 2. The highest BCUT2D eigenvalue weighted by atomic mass is 32.2. The van der Waals surface area contributed by atoms with Crippen LogP contribution in [0, 0.1) is 13.8 Å². The lowest BCUT2D eigenvalue weighted by Crippen LogP contribution is -2.14. The Bertz CT molecular complexity index is 1340. The Morgan fingerprint density at radius 2 is 1.94 bits per heavy atom. The molecule has 8 heteroatoms. The molecule has 1 aromatic carbocycles. The summed E-state index contributed by atoms with van der Waals surface area (Å²) in [4.78, 5) is 34.0. The van der Waals surface area contributed by atoms with Crippen molar-refractivity contribution in [3.63, 3.8) is 0 Å². The summed E-state index contributed by atoms with van der Waals surface area (Å²) in [7, 11) is 0. The van der Waals surface area contributed by atoms with Crippen LogP contribution in [0.15, 0.2) is 82.2 Å². The van der Waals surface area contributed by atoms with E-state index < -0.39 is 11.9 Å². The molecular formula is C26H23N3O4S. The molecule has 4 rings (SSSR count). The third-order valence-corrected chi connectivity index (χ3v) is 6.27. The largest absolute Gasteiger partial charge is 0.506 e. The van der Waals surface area contributed by atoms with Gasteiger partial charge in [-0.25, -0.2) is 9.79 Å². The zero-order valence-corrected chi connectivity index (χ0v) is 19.8. The number of benzene rings is 1. The highest BCUT2D eigenvalue weighted by Crippen LogP contribution is 2.40. The maximum atomic E-state index is 12.7. The number of aryl methyl sites for hydroxylation is 1. The molecule has 1 aliphatic rings. The molecule has 34 heavy (non-hydrogen) atoms. The van der Waals surface area contributed by atoms with Gasteiger partial charge in [-0.15, -0.1) is 0 Å². The molecule has 3 heterocycles.